The van der Waals surface area contributed by atoms with E-state index in [1.165, 1.54) is 12.4 Å². The van der Waals surface area contributed by atoms with Crippen LogP contribution in [0.3, 0.4) is 0 Å². The molecule has 0 aromatic carbocycles. The minimum Gasteiger partial charge on any atom is -0.480 e. The predicted molar refractivity (Wildman–Crippen MR) is 56.2 cm³/mol. The summed E-state index contributed by atoms with van der Waals surface area (Å²) < 4.78 is 5.13. The highest BCUT2D eigenvalue weighted by Gasteiger charge is 2.48. The van der Waals surface area contributed by atoms with Crippen LogP contribution in [0.1, 0.15) is 12.2 Å². The molecule has 1 fully saturated rings. The predicted octanol–water partition coefficient (Wildman–Crippen LogP) is 0.0795. The number of hydrogen-bond donors (Lipinski definition) is 1. The molecule has 6 heteroatoms. The molecule has 1 aromatic heterocycles. The van der Waals surface area contributed by atoms with E-state index in [0.717, 1.165) is 0 Å². The summed E-state index contributed by atoms with van der Waals surface area (Å²) in [7, 11) is 0. The van der Waals surface area contributed by atoms with Crippen molar-refractivity contribution in [3.63, 3.8) is 0 Å². The first-order valence-electron chi connectivity index (χ1n) is 5.25. The third-order valence-corrected chi connectivity index (χ3v) is 2.84. The highest BCUT2D eigenvalue weighted by Crippen LogP contribution is 2.29. The molecular weight excluding hydrogens is 224 g/mol. The molecule has 2 heterocycles. The van der Waals surface area contributed by atoms with E-state index in [9.17, 15) is 14.7 Å². The third kappa shape index (κ3) is 2.16. The summed E-state index contributed by atoms with van der Waals surface area (Å²) in [5, 5.41) is 9.26. The summed E-state index contributed by atoms with van der Waals surface area (Å²) in [5.41, 5.74) is -1.53. The minimum absolute atomic E-state index is 0.0258. The largest absolute Gasteiger partial charge is 0.480 e. The lowest BCUT2D eigenvalue weighted by atomic mass is 9.78. The molecule has 1 unspecified atom stereocenters. The van der Waals surface area contributed by atoms with Crippen LogP contribution in [-0.2, 0) is 20.7 Å². The Labute approximate surface area is 97.7 Å². The van der Waals surface area contributed by atoms with Crippen molar-refractivity contribution in [3.05, 3.63) is 24.3 Å². The van der Waals surface area contributed by atoms with Gasteiger partial charge in [0.2, 0.25) is 0 Å². The van der Waals surface area contributed by atoms with Crippen LogP contribution in [0.5, 0.6) is 0 Å². The summed E-state index contributed by atoms with van der Waals surface area (Å²) in [6.07, 6.45) is 3.14. The second-order valence-electron chi connectivity index (χ2n) is 3.95. The van der Waals surface area contributed by atoms with Gasteiger partial charge in [-0.15, -0.1) is 0 Å². The van der Waals surface area contributed by atoms with Crippen LogP contribution in [-0.4, -0.2) is 40.0 Å². The van der Waals surface area contributed by atoms with Gasteiger partial charge in [-0.3, -0.25) is 9.59 Å². The van der Waals surface area contributed by atoms with Crippen LogP contribution in [0.15, 0.2) is 18.5 Å². The van der Waals surface area contributed by atoms with Gasteiger partial charge in [-0.1, -0.05) is 0 Å². The fourth-order valence-electron chi connectivity index (χ4n) is 1.83. The van der Waals surface area contributed by atoms with Crippen LogP contribution in [0.2, 0.25) is 0 Å². The number of carbonyl (C=O) groups is 2. The number of aliphatic carboxylic acids is 1. The van der Waals surface area contributed by atoms with E-state index in [2.05, 4.69) is 9.97 Å². The molecule has 0 saturated carbocycles. The average molecular weight is 236 g/mol. The first-order valence-corrected chi connectivity index (χ1v) is 5.25. The summed E-state index contributed by atoms with van der Waals surface area (Å²) in [4.78, 5) is 31.1. The van der Waals surface area contributed by atoms with Gasteiger partial charge in [0, 0.05) is 25.2 Å². The Kier molecular flexibility index (Phi) is 3.14. The Hall–Kier alpha value is -1.82. The molecule has 0 aliphatic carbocycles. The Bertz CT molecular complexity index is 434. The monoisotopic (exact) mass is 236 g/mol. The zero-order chi connectivity index (χ0) is 12.3. The van der Waals surface area contributed by atoms with Gasteiger partial charge in [0.05, 0.1) is 13.2 Å². The number of aromatic nitrogens is 2. The van der Waals surface area contributed by atoms with Crippen molar-refractivity contribution < 1.29 is 19.4 Å². The van der Waals surface area contributed by atoms with Crippen molar-refractivity contribution in [3.8, 4) is 0 Å². The molecule has 0 bridgehead atoms. The molecule has 2 rings (SSSR count). The molecule has 1 saturated heterocycles. The molecule has 0 radical (unpaired) electrons. The zero-order valence-corrected chi connectivity index (χ0v) is 9.13. The molecule has 6 nitrogen and oxygen atoms in total. The van der Waals surface area contributed by atoms with E-state index >= 15 is 0 Å². The van der Waals surface area contributed by atoms with Crippen molar-refractivity contribution >= 4 is 11.8 Å². The number of carboxylic acid groups (broad SMARTS) is 1. The Morgan fingerprint density at radius 2 is 2.18 bits per heavy atom. The van der Waals surface area contributed by atoms with Crippen LogP contribution in [0.25, 0.3) is 0 Å². The number of Topliss-reactive ketones (excluding diaryl/α,β-unsaturated/α-hetero) is 1. The van der Waals surface area contributed by atoms with Crippen molar-refractivity contribution in [1.29, 1.82) is 0 Å². The van der Waals surface area contributed by atoms with Crippen LogP contribution >= 0.6 is 0 Å². The molecule has 0 amide bonds. The zero-order valence-electron chi connectivity index (χ0n) is 9.13. The summed E-state index contributed by atoms with van der Waals surface area (Å²) in [6.45, 7) is 0.170. The molecule has 0 spiro atoms. The van der Waals surface area contributed by atoms with Gasteiger partial charge in [-0.2, -0.15) is 0 Å². The number of rotatable bonds is 3. The van der Waals surface area contributed by atoms with Gasteiger partial charge in [-0.05, 0) is 6.07 Å². The fraction of sp³-hybridized carbons (Fsp3) is 0.455. The number of carbonyl (C=O) groups excluding carboxylic acids is 1. The average Bonchev–Trinajstić information content (AvgIpc) is 2.33. The fourth-order valence-corrected chi connectivity index (χ4v) is 1.83. The van der Waals surface area contributed by atoms with E-state index in [0.29, 0.717) is 5.82 Å². The lowest BCUT2D eigenvalue weighted by molar-refractivity contribution is -0.164. The van der Waals surface area contributed by atoms with Gasteiger partial charge < -0.3 is 9.84 Å². The van der Waals surface area contributed by atoms with Crippen molar-refractivity contribution in [2.45, 2.75) is 12.8 Å². The quantitative estimate of drug-likeness (QED) is 0.747. The lowest BCUT2D eigenvalue weighted by Gasteiger charge is -2.30. The SMILES string of the molecule is O=C(O)C1(Cc2ncccn2)COCCC1=O. The second kappa shape index (κ2) is 4.58. The Morgan fingerprint density at radius 3 is 2.76 bits per heavy atom. The molecule has 17 heavy (non-hydrogen) atoms. The number of hydrogen-bond acceptors (Lipinski definition) is 5. The number of nitrogens with zero attached hydrogens (tertiary/aromatic N) is 2. The van der Waals surface area contributed by atoms with Crippen molar-refractivity contribution in [2.24, 2.45) is 5.41 Å². The molecule has 1 aliphatic rings. The van der Waals surface area contributed by atoms with E-state index < -0.39 is 11.4 Å². The Morgan fingerprint density at radius 1 is 1.47 bits per heavy atom. The smallest absolute Gasteiger partial charge is 0.320 e. The summed E-state index contributed by atoms with van der Waals surface area (Å²) in [6, 6.07) is 1.64. The maximum atomic E-state index is 11.8. The van der Waals surface area contributed by atoms with Gasteiger partial charge in [0.1, 0.15) is 5.82 Å². The molecule has 1 aromatic rings. The van der Waals surface area contributed by atoms with Gasteiger partial charge >= 0.3 is 5.97 Å². The van der Waals surface area contributed by atoms with E-state index in [-0.39, 0.29) is 31.8 Å². The Balaban J connectivity index is 2.29. The highest BCUT2D eigenvalue weighted by molar-refractivity contribution is 6.03. The maximum Gasteiger partial charge on any atom is 0.320 e. The molecule has 1 aliphatic heterocycles. The van der Waals surface area contributed by atoms with Crippen molar-refractivity contribution in [1.82, 2.24) is 9.97 Å². The van der Waals surface area contributed by atoms with Crippen LogP contribution in [0, 0.1) is 5.41 Å². The standard InChI is InChI=1S/C11H12N2O4/c14-8-2-5-17-7-11(8,10(15)16)6-9-12-3-1-4-13-9/h1,3-4H,2,5-7H2,(H,15,16). The van der Waals surface area contributed by atoms with E-state index in [1.54, 1.807) is 6.07 Å². The first kappa shape index (κ1) is 11.7. The molecule has 1 N–H and O–H groups in total. The molecular formula is C11H12N2O4. The molecule has 1 atom stereocenters. The lowest BCUT2D eigenvalue weighted by Crippen LogP contribution is -2.49. The summed E-state index contributed by atoms with van der Waals surface area (Å²) >= 11 is 0. The maximum absolute atomic E-state index is 11.8. The van der Waals surface area contributed by atoms with E-state index in [4.69, 9.17) is 4.74 Å². The van der Waals surface area contributed by atoms with E-state index in [1.807, 2.05) is 0 Å². The number of ketones is 1. The first-order chi connectivity index (χ1) is 8.15. The van der Waals surface area contributed by atoms with Crippen LogP contribution in [0.4, 0.5) is 0 Å². The molecule has 90 valence electrons. The minimum atomic E-state index is -1.53. The van der Waals surface area contributed by atoms with Gasteiger partial charge in [0.15, 0.2) is 11.2 Å². The van der Waals surface area contributed by atoms with Crippen LogP contribution < -0.4 is 0 Å². The normalized spacial score (nSPS) is 24.6. The van der Waals surface area contributed by atoms with Gasteiger partial charge in [0.25, 0.3) is 0 Å². The van der Waals surface area contributed by atoms with Gasteiger partial charge in [-0.25, -0.2) is 9.97 Å². The van der Waals surface area contributed by atoms with Crippen molar-refractivity contribution in [2.75, 3.05) is 13.2 Å². The number of carboxylic acids is 1. The second-order valence-corrected chi connectivity index (χ2v) is 3.95. The summed E-state index contributed by atoms with van der Waals surface area (Å²) in [5.74, 6) is -1.15. The number of ether oxygens (including phenoxy) is 1. The third-order valence-electron chi connectivity index (χ3n) is 2.84. The topological polar surface area (TPSA) is 89.4 Å². The highest BCUT2D eigenvalue weighted by atomic mass is 16.5.